The normalized spacial score (nSPS) is 18.8. The van der Waals surface area contributed by atoms with Crippen molar-refractivity contribution in [2.24, 2.45) is 5.73 Å². The van der Waals surface area contributed by atoms with E-state index in [-0.39, 0.29) is 24.2 Å². The predicted molar refractivity (Wildman–Crippen MR) is 141 cm³/mol. The van der Waals surface area contributed by atoms with E-state index in [1.807, 2.05) is 13.8 Å². The van der Waals surface area contributed by atoms with E-state index < -0.39 is 20.6 Å². The first kappa shape index (κ1) is 26.8. The summed E-state index contributed by atoms with van der Waals surface area (Å²) in [5, 5.41) is 2.58. The summed E-state index contributed by atoms with van der Waals surface area (Å²) < 4.78 is 31.3. The minimum absolute atomic E-state index is 0.0555. The second-order valence-electron chi connectivity index (χ2n) is 9.48. The molecule has 0 unspecified atom stereocenters. The maximum atomic E-state index is 13.4. The Kier molecular flexibility index (Phi) is 7.69. The molecule has 0 radical (unpaired) electrons. The fraction of sp³-hybridized carbons (Fsp3) is 0.520. The maximum absolute atomic E-state index is 13.4. The molecular formula is C25H34N6O5S. The average Bonchev–Trinajstić information content (AvgIpc) is 3.67. The number of anilines is 2. The summed E-state index contributed by atoms with van der Waals surface area (Å²) in [5.74, 6) is 0.622. The summed E-state index contributed by atoms with van der Waals surface area (Å²) in [6.07, 6.45) is 0.931. The number of primary amides is 1. The third-order valence-corrected chi connectivity index (χ3v) is 9.45. The van der Waals surface area contributed by atoms with Crippen molar-refractivity contribution < 1.29 is 22.7 Å². The van der Waals surface area contributed by atoms with E-state index in [9.17, 15) is 18.0 Å². The van der Waals surface area contributed by atoms with E-state index in [1.165, 1.54) is 11.8 Å². The fourth-order valence-electron chi connectivity index (χ4n) is 4.66. The first-order valence-electron chi connectivity index (χ1n) is 12.5. The van der Waals surface area contributed by atoms with Crippen molar-refractivity contribution in [3.05, 3.63) is 36.0 Å². The molecule has 1 atom stereocenters. The Morgan fingerprint density at radius 1 is 1.24 bits per heavy atom. The smallest absolute Gasteiger partial charge is 0.319 e. The highest BCUT2D eigenvalue weighted by Crippen LogP contribution is 2.53. The lowest BCUT2D eigenvalue weighted by atomic mass is 10.1. The van der Waals surface area contributed by atoms with Crippen molar-refractivity contribution in [2.45, 2.75) is 44.4 Å². The molecule has 2 aromatic rings. The Morgan fingerprint density at radius 3 is 2.51 bits per heavy atom. The fourth-order valence-corrected chi connectivity index (χ4v) is 6.57. The number of hydrogen-bond donors (Lipinski definition) is 2. The lowest BCUT2D eigenvalue weighted by molar-refractivity contribution is -0.118. The van der Waals surface area contributed by atoms with Gasteiger partial charge in [0.25, 0.3) is 0 Å². The first-order valence-corrected chi connectivity index (χ1v) is 14.1. The number of aromatic nitrogens is 2. The van der Waals surface area contributed by atoms with E-state index in [2.05, 4.69) is 10.2 Å². The zero-order chi connectivity index (χ0) is 26.8. The lowest BCUT2D eigenvalue weighted by Crippen LogP contribution is -2.44. The van der Waals surface area contributed by atoms with Crippen LogP contribution in [0.25, 0.3) is 11.4 Å². The molecule has 3 N–H and O–H groups in total. The molecule has 200 valence electrons. The molecule has 0 spiro atoms. The average molecular weight is 531 g/mol. The third kappa shape index (κ3) is 5.54. The maximum Gasteiger partial charge on any atom is 0.319 e. The Labute approximate surface area is 217 Å². The van der Waals surface area contributed by atoms with Gasteiger partial charge in [-0.25, -0.2) is 23.2 Å². The molecule has 1 aromatic carbocycles. The van der Waals surface area contributed by atoms with Crippen LogP contribution in [0.15, 0.2) is 30.3 Å². The molecule has 2 aliphatic rings. The van der Waals surface area contributed by atoms with E-state index in [1.54, 1.807) is 30.3 Å². The minimum Gasteiger partial charge on any atom is -0.377 e. The highest BCUT2D eigenvalue weighted by Gasteiger charge is 2.57. The molecule has 1 aliphatic heterocycles. The summed E-state index contributed by atoms with van der Waals surface area (Å²) in [6, 6.07) is 8.45. The Morgan fingerprint density at radius 2 is 1.95 bits per heavy atom. The quantitative estimate of drug-likeness (QED) is 0.499. The van der Waals surface area contributed by atoms with Gasteiger partial charge < -0.3 is 20.7 Å². The van der Waals surface area contributed by atoms with Crippen LogP contribution in [-0.4, -0.2) is 75.0 Å². The van der Waals surface area contributed by atoms with Crippen molar-refractivity contribution >= 4 is 33.3 Å². The van der Waals surface area contributed by atoms with Crippen LogP contribution >= 0.6 is 0 Å². The van der Waals surface area contributed by atoms with Gasteiger partial charge in [0, 0.05) is 43.9 Å². The monoisotopic (exact) mass is 530 g/mol. The standard InChI is InChI=1S/C25H34N6O5S/c1-4-30(24(26)33)20-7-5-19(6-8-20)23-28-21(15-22(29-23)31-12-13-36-16-17(31)2)25(9-10-25)37(34,35)14-11-27-18(3)32/h5-8,15,17H,4,9-14,16H2,1-3H3,(H2,26,33)(H,27,32)/t17-/m0/s1. The number of nitrogens with two attached hydrogens (primary N) is 1. The van der Waals surface area contributed by atoms with Gasteiger partial charge in [-0.05, 0) is 51.0 Å². The zero-order valence-electron chi connectivity index (χ0n) is 21.4. The molecule has 1 aliphatic carbocycles. The molecule has 37 heavy (non-hydrogen) atoms. The number of urea groups is 1. The van der Waals surface area contributed by atoms with E-state index in [0.29, 0.717) is 67.7 Å². The molecule has 4 rings (SSSR count). The number of carbonyl (C=O) groups is 2. The summed E-state index contributed by atoms with van der Waals surface area (Å²) in [7, 11) is -3.59. The highest BCUT2D eigenvalue weighted by molar-refractivity contribution is 7.92. The number of ether oxygens (including phenoxy) is 1. The molecular weight excluding hydrogens is 496 g/mol. The van der Waals surface area contributed by atoms with Gasteiger partial charge in [-0.15, -0.1) is 0 Å². The van der Waals surface area contributed by atoms with Crippen LogP contribution in [0.5, 0.6) is 0 Å². The van der Waals surface area contributed by atoms with E-state index in [4.69, 9.17) is 20.4 Å². The van der Waals surface area contributed by atoms with Crippen molar-refractivity contribution in [3.63, 3.8) is 0 Å². The number of carbonyl (C=O) groups excluding carboxylic acids is 2. The Bertz CT molecular complexity index is 1260. The third-order valence-electron chi connectivity index (χ3n) is 6.90. The van der Waals surface area contributed by atoms with Crippen LogP contribution in [-0.2, 0) is 24.1 Å². The van der Waals surface area contributed by atoms with Crippen LogP contribution < -0.4 is 20.9 Å². The highest BCUT2D eigenvalue weighted by atomic mass is 32.2. The largest absolute Gasteiger partial charge is 0.377 e. The van der Waals surface area contributed by atoms with Gasteiger partial charge in [-0.3, -0.25) is 9.69 Å². The summed E-state index contributed by atoms with van der Waals surface area (Å²) in [6.45, 7) is 7.44. The summed E-state index contributed by atoms with van der Waals surface area (Å²) >= 11 is 0. The second kappa shape index (κ2) is 10.6. The van der Waals surface area contributed by atoms with Crippen molar-refractivity contribution in [1.29, 1.82) is 0 Å². The number of amides is 3. The number of rotatable bonds is 9. The summed E-state index contributed by atoms with van der Waals surface area (Å²) in [4.78, 5) is 36.1. The number of morpholine rings is 1. The van der Waals surface area contributed by atoms with Gasteiger partial charge in [0.2, 0.25) is 5.91 Å². The van der Waals surface area contributed by atoms with Crippen LogP contribution in [0.4, 0.5) is 16.3 Å². The zero-order valence-corrected chi connectivity index (χ0v) is 22.3. The molecule has 12 heteroatoms. The molecule has 3 amide bonds. The number of sulfone groups is 1. The molecule has 11 nitrogen and oxygen atoms in total. The molecule has 2 heterocycles. The van der Waals surface area contributed by atoms with Gasteiger partial charge in [-0.1, -0.05) is 0 Å². The van der Waals surface area contributed by atoms with Gasteiger partial charge >= 0.3 is 6.03 Å². The van der Waals surface area contributed by atoms with Crippen molar-refractivity contribution in [3.8, 4) is 11.4 Å². The van der Waals surface area contributed by atoms with Crippen LogP contribution in [0.2, 0.25) is 0 Å². The topological polar surface area (TPSA) is 148 Å². The number of benzene rings is 1. The molecule has 0 bridgehead atoms. The Balaban J connectivity index is 1.74. The molecule has 1 saturated carbocycles. The van der Waals surface area contributed by atoms with Crippen molar-refractivity contribution in [1.82, 2.24) is 15.3 Å². The van der Waals surface area contributed by atoms with Crippen LogP contribution in [0.1, 0.15) is 39.3 Å². The molecule has 1 aromatic heterocycles. The SMILES string of the molecule is CCN(C(N)=O)c1ccc(-c2nc(N3CCOC[C@@H]3C)cc(C3(S(=O)(=O)CCNC(C)=O)CC3)n2)cc1. The van der Waals surface area contributed by atoms with E-state index in [0.717, 1.165) is 0 Å². The number of nitrogens with one attached hydrogen (secondary N) is 1. The van der Waals surface area contributed by atoms with Crippen LogP contribution in [0.3, 0.4) is 0 Å². The number of hydrogen-bond acceptors (Lipinski definition) is 8. The molecule has 1 saturated heterocycles. The predicted octanol–water partition coefficient (Wildman–Crippen LogP) is 1.81. The first-order chi connectivity index (χ1) is 17.6. The van der Waals surface area contributed by atoms with Crippen LogP contribution in [0, 0.1) is 0 Å². The Hall–Kier alpha value is -3.25. The van der Waals surface area contributed by atoms with Gasteiger partial charge in [0.1, 0.15) is 10.6 Å². The van der Waals surface area contributed by atoms with Crippen molar-refractivity contribution in [2.75, 3.05) is 48.4 Å². The molecule has 2 fully saturated rings. The van der Waals surface area contributed by atoms with Gasteiger partial charge in [0.15, 0.2) is 15.7 Å². The van der Waals surface area contributed by atoms with Gasteiger partial charge in [-0.2, -0.15) is 0 Å². The second-order valence-corrected chi connectivity index (χ2v) is 11.9. The van der Waals surface area contributed by atoms with Gasteiger partial charge in [0.05, 0.1) is 30.7 Å². The van der Waals surface area contributed by atoms with E-state index >= 15 is 0 Å². The number of nitrogens with zero attached hydrogens (tertiary/aromatic N) is 4. The summed E-state index contributed by atoms with van der Waals surface area (Å²) in [5.41, 5.74) is 7.28. The minimum atomic E-state index is -3.59. The lowest BCUT2D eigenvalue weighted by Gasteiger charge is -2.34.